The summed E-state index contributed by atoms with van der Waals surface area (Å²) >= 11 is 5.96. The number of nitrogens with two attached hydrogens (primary N) is 1. The summed E-state index contributed by atoms with van der Waals surface area (Å²) in [6.07, 6.45) is -4.50. The molecule has 0 aliphatic heterocycles. The summed E-state index contributed by atoms with van der Waals surface area (Å²) in [4.78, 5) is 15.0. The van der Waals surface area contributed by atoms with Crippen LogP contribution in [0.5, 0.6) is 11.6 Å². The summed E-state index contributed by atoms with van der Waals surface area (Å²) in [6, 6.07) is 10.3. The number of alkyl halides is 3. The van der Waals surface area contributed by atoms with Gasteiger partial charge in [0.05, 0.1) is 16.1 Å². The van der Waals surface area contributed by atoms with Crippen molar-refractivity contribution in [2.75, 3.05) is 11.1 Å². The highest BCUT2D eigenvalue weighted by Gasteiger charge is 2.31. The molecule has 0 fully saturated rings. The average molecular weight is 435 g/mol. The van der Waals surface area contributed by atoms with Crippen molar-refractivity contribution in [2.24, 2.45) is 0 Å². The van der Waals surface area contributed by atoms with Crippen LogP contribution in [0.3, 0.4) is 0 Å². The van der Waals surface area contributed by atoms with Crippen molar-refractivity contribution in [3.05, 3.63) is 58.7 Å². The van der Waals surface area contributed by atoms with Crippen molar-refractivity contribution in [2.45, 2.75) is 13.1 Å². The van der Waals surface area contributed by atoms with Gasteiger partial charge in [0.15, 0.2) is 0 Å². The molecule has 4 aromatic rings. The van der Waals surface area contributed by atoms with Gasteiger partial charge >= 0.3 is 6.18 Å². The van der Waals surface area contributed by atoms with Crippen molar-refractivity contribution in [3.63, 3.8) is 0 Å². The average Bonchev–Trinajstić information content (AvgIpc) is 3.05. The number of hydrogen-bond donors (Lipinski definition) is 3. The van der Waals surface area contributed by atoms with E-state index in [2.05, 4.69) is 25.3 Å². The Morgan fingerprint density at radius 1 is 1.07 bits per heavy atom. The lowest BCUT2D eigenvalue weighted by Crippen LogP contribution is -2.04. The predicted molar refractivity (Wildman–Crippen MR) is 107 cm³/mol. The van der Waals surface area contributed by atoms with Crippen LogP contribution in [0.4, 0.5) is 30.8 Å². The molecule has 4 N–H and O–H groups in total. The second-order valence-corrected chi connectivity index (χ2v) is 6.80. The molecule has 0 unspecified atom stereocenters. The number of fused-ring (bicyclic) bond motifs is 1. The first-order valence-electron chi connectivity index (χ1n) is 8.60. The number of aromatic amines is 1. The molecule has 0 amide bonds. The molecule has 2 aromatic heterocycles. The summed E-state index contributed by atoms with van der Waals surface area (Å²) in [6.45, 7) is 1.77. The lowest BCUT2D eigenvalue weighted by molar-refractivity contribution is -0.137. The van der Waals surface area contributed by atoms with Crippen LogP contribution in [0.25, 0.3) is 11.0 Å². The summed E-state index contributed by atoms with van der Waals surface area (Å²) in [5.74, 6) is 1.19. The number of benzene rings is 2. The smallest absolute Gasteiger partial charge is 0.416 e. The number of rotatable bonds is 4. The van der Waals surface area contributed by atoms with Crippen LogP contribution >= 0.6 is 11.6 Å². The van der Waals surface area contributed by atoms with E-state index in [1.807, 2.05) is 0 Å². The van der Waals surface area contributed by atoms with E-state index in [-0.39, 0.29) is 28.0 Å². The summed E-state index contributed by atoms with van der Waals surface area (Å²) in [5.41, 5.74) is 6.47. The molecule has 0 saturated carbocycles. The minimum atomic E-state index is -4.50. The number of nitrogens with zero attached hydrogens (tertiary/aromatic N) is 3. The number of anilines is 3. The van der Waals surface area contributed by atoms with Crippen molar-refractivity contribution in [1.29, 1.82) is 0 Å². The van der Waals surface area contributed by atoms with Crippen LogP contribution in [0, 0.1) is 6.92 Å². The minimum Gasteiger partial charge on any atom is -0.439 e. The Labute approximate surface area is 173 Å². The number of ether oxygens (including phenoxy) is 1. The highest BCUT2D eigenvalue weighted by Crippen LogP contribution is 2.35. The van der Waals surface area contributed by atoms with E-state index in [4.69, 9.17) is 22.1 Å². The summed E-state index contributed by atoms with van der Waals surface area (Å²) in [5, 5.41) is 2.89. The monoisotopic (exact) mass is 434 g/mol. The number of imidazole rings is 1. The molecular formula is C19H14ClF3N6O. The molecule has 30 heavy (non-hydrogen) atoms. The lowest BCUT2D eigenvalue weighted by Gasteiger charge is -2.07. The highest BCUT2D eigenvalue weighted by molar-refractivity contribution is 6.35. The summed E-state index contributed by atoms with van der Waals surface area (Å²) in [7, 11) is 0. The largest absolute Gasteiger partial charge is 0.439 e. The maximum atomic E-state index is 13.0. The van der Waals surface area contributed by atoms with Crippen LogP contribution in [-0.4, -0.2) is 19.9 Å². The quantitative estimate of drug-likeness (QED) is 0.394. The first kappa shape index (κ1) is 19.8. The van der Waals surface area contributed by atoms with E-state index in [0.717, 1.165) is 12.1 Å². The molecule has 0 aliphatic carbocycles. The fourth-order valence-electron chi connectivity index (χ4n) is 2.78. The second-order valence-electron chi connectivity index (χ2n) is 6.39. The van der Waals surface area contributed by atoms with Gasteiger partial charge in [-0.2, -0.15) is 18.2 Å². The maximum Gasteiger partial charge on any atom is 0.416 e. The van der Waals surface area contributed by atoms with Crippen molar-refractivity contribution in [1.82, 2.24) is 19.9 Å². The van der Waals surface area contributed by atoms with Crippen molar-refractivity contribution in [3.8, 4) is 11.6 Å². The van der Waals surface area contributed by atoms with Crippen LogP contribution in [0.1, 0.15) is 11.3 Å². The van der Waals surface area contributed by atoms with Gasteiger partial charge in [-0.05, 0) is 43.3 Å². The first-order valence-corrected chi connectivity index (χ1v) is 8.98. The normalized spacial score (nSPS) is 11.6. The van der Waals surface area contributed by atoms with Crippen LogP contribution in [0.15, 0.2) is 42.5 Å². The fourth-order valence-corrected chi connectivity index (χ4v) is 3.04. The molecule has 2 aromatic carbocycles. The molecule has 0 bridgehead atoms. The lowest BCUT2D eigenvalue weighted by atomic mass is 10.2. The van der Waals surface area contributed by atoms with Gasteiger partial charge in [-0.3, -0.25) is 0 Å². The molecule has 0 radical (unpaired) electrons. The SMILES string of the molecule is Cc1cc(Oc2ccc(Nc3nc4c(Cl)cc(C(F)(F)F)cc4[nH]3)cc2)nc(N)n1. The molecule has 2 heterocycles. The molecule has 0 aliphatic rings. The first-order chi connectivity index (χ1) is 14.2. The van der Waals surface area contributed by atoms with Gasteiger partial charge in [0, 0.05) is 17.4 Å². The number of nitrogens with one attached hydrogen (secondary N) is 2. The van der Waals surface area contributed by atoms with E-state index in [0.29, 0.717) is 23.0 Å². The topological polar surface area (TPSA) is 102 Å². The Bertz CT molecular complexity index is 1200. The zero-order valence-corrected chi connectivity index (χ0v) is 16.1. The number of H-pyrrole nitrogens is 1. The molecular weight excluding hydrogens is 421 g/mol. The number of aryl methyl sites for hydroxylation is 1. The third-order valence-electron chi connectivity index (χ3n) is 4.05. The molecule has 154 valence electrons. The molecule has 0 atom stereocenters. The predicted octanol–water partition coefficient (Wildman–Crippen LogP) is 5.45. The Hall–Kier alpha value is -3.53. The maximum absolute atomic E-state index is 13.0. The Balaban J connectivity index is 1.53. The zero-order chi connectivity index (χ0) is 21.5. The van der Waals surface area contributed by atoms with Crippen molar-refractivity contribution >= 4 is 40.2 Å². The Kier molecular flexibility index (Phi) is 4.86. The summed E-state index contributed by atoms with van der Waals surface area (Å²) < 4.78 is 44.5. The van der Waals surface area contributed by atoms with Gasteiger partial charge in [-0.25, -0.2) is 9.97 Å². The van der Waals surface area contributed by atoms with Gasteiger partial charge in [-0.1, -0.05) is 11.6 Å². The van der Waals surface area contributed by atoms with E-state index in [9.17, 15) is 13.2 Å². The molecule has 4 rings (SSSR count). The van der Waals surface area contributed by atoms with E-state index in [1.165, 1.54) is 0 Å². The van der Waals surface area contributed by atoms with E-state index < -0.39 is 11.7 Å². The van der Waals surface area contributed by atoms with Gasteiger partial charge in [0.1, 0.15) is 11.3 Å². The molecule has 0 spiro atoms. The highest BCUT2D eigenvalue weighted by atomic mass is 35.5. The number of halogens is 4. The Morgan fingerprint density at radius 2 is 1.80 bits per heavy atom. The number of nitrogen functional groups attached to an aromatic ring is 1. The van der Waals surface area contributed by atoms with E-state index in [1.54, 1.807) is 37.3 Å². The van der Waals surface area contributed by atoms with Gasteiger partial charge < -0.3 is 20.8 Å². The minimum absolute atomic E-state index is 0.0905. The van der Waals surface area contributed by atoms with Gasteiger partial charge in [0.25, 0.3) is 0 Å². The number of aromatic nitrogens is 4. The Morgan fingerprint density at radius 3 is 2.47 bits per heavy atom. The molecule has 11 heteroatoms. The standard InChI is InChI=1S/C19H14ClF3N6O/c1-9-6-15(28-17(24)25-9)30-12-4-2-11(3-5-12)26-18-27-14-8-10(19(21,22)23)7-13(20)16(14)29-18/h2-8H,1H3,(H2,24,25,28)(H2,26,27,29). The van der Waals surface area contributed by atoms with Gasteiger partial charge in [-0.15, -0.1) is 0 Å². The van der Waals surface area contributed by atoms with Crippen LogP contribution < -0.4 is 15.8 Å². The van der Waals surface area contributed by atoms with Crippen LogP contribution in [-0.2, 0) is 6.18 Å². The van der Waals surface area contributed by atoms with Crippen molar-refractivity contribution < 1.29 is 17.9 Å². The fraction of sp³-hybridized carbons (Fsp3) is 0.105. The second kappa shape index (κ2) is 7.38. The third-order valence-corrected chi connectivity index (χ3v) is 4.34. The van der Waals surface area contributed by atoms with Gasteiger partial charge in [0.2, 0.25) is 17.8 Å². The zero-order valence-electron chi connectivity index (χ0n) is 15.4. The van der Waals surface area contributed by atoms with Crippen LogP contribution in [0.2, 0.25) is 5.02 Å². The number of hydrogen-bond acceptors (Lipinski definition) is 6. The molecule has 0 saturated heterocycles. The van der Waals surface area contributed by atoms with E-state index >= 15 is 0 Å². The third kappa shape index (κ3) is 4.23. The molecule has 7 nitrogen and oxygen atoms in total.